The second-order valence-electron chi connectivity index (χ2n) is 4.97. The lowest BCUT2D eigenvalue weighted by atomic mass is 10.2. The number of nitrogens with zero attached hydrogens (tertiary/aromatic N) is 2. The third-order valence-electron chi connectivity index (χ3n) is 3.20. The Kier molecular flexibility index (Phi) is 6.08. The van der Waals surface area contributed by atoms with Crippen molar-refractivity contribution in [2.45, 2.75) is 11.8 Å². The highest BCUT2D eigenvalue weighted by Crippen LogP contribution is 2.19. The molecule has 0 saturated heterocycles. The normalized spacial score (nSPS) is 10.3. The molecule has 0 atom stereocenters. The van der Waals surface area contributed by atoms with Crippen molar-refractivity contribution in [2.24, 2.45) is 0 Å². The van der Waals surface area contributed by atoms with Crippen LogP contribution in [0, 0.1) is 0 Å². The summed E-state index contributed by atoms with van der Waals surface area (Å²) in [7, 11) is 0. The highest BCUT2D eigenvalue weighted by Gasteiger charge is 1.99. The van der Waals surface area contributed by atoms with Gasteiger partial charge in [0.1, 0.15) is 18.1 Å². The molecule has 0 aliphatic rings. The molecule has 0 radical (unpaired) electrons. The van der Waals surface area contributed by atoms with Crippen LogP contribution in [0.4, 0.5) is 0 Å². The fraction of sp³-hybridized carbons (Fsp3) is 0.158. The van der Waals surface area contributed by atoms with E-state index < -0.39 is 0 Å². The Hall–Kier alpha value is -2.53. The van der Waals surface area contributed by atoms with Gasteiger partial charge in [0, 0.05) is 18.1 Å². The summed E-state index contributed by atoms with van der Waals surface area (Å²) in [5.74, 6) is 2.46. The van der Waals surface area contributed by atoms with Crippen LogP contribution in [0.15, 0.2) is 78.2 Å². The molecule has 0 fully saturated rings. The van der Waals surface area contributed by atoms with E-state index in [-0.39, 0.29) is 0 Å². The van der Waals surface area contributed by atoms with Crippen LogP contribution < -0.4 is 9.47 Å². The molecule has 24 heavy (non-hydrogen) atoms. The fourth-order valence-corrected chi connectivity index (χ4v) is 2.65. The highest BCUT2D eigenvalue weighted by molar-refractivity contribution is 7.99. The topological polar surface area (TPSA) is 44.2 Å². The first kappa shape index (κ1) is 16.3. The lowest BCUT2D eigenvalue weighted by Crippen LogP contribution is -2.01. The van der Waals surface area contributed by atoms with E-state index in [1.165, 1.54) is 0 Å². The maximum atomic E-state index is 5.75. The smallest absolute Gasteiger partial charge is 0.187 e. The summed E-state index contributed by atoms with van der Waals surface area (Å²) in [6, 6.07) is 19.6. The van der Waals surface area contributed by atoms with E-state index in [0.29, 0.717) is 13.2 Å². The lowest BCUT2D eigenvalue weighted by Gasteiger charge is -2.08. The van der Waals surface area contributed by atoms with Crippen LogP contribution >= 0.6 is 11.8 Å². The molecule has 1 aromatic heterocycles. The van der Waals surface area contributed by atoms with Crippen molar-refractivity contribution in [1.29, 1.82) is 0 Å². The molecular formula is C19H18N2O2S. The summed E-state index contributed by atoms with van der Waals surface area (Å²) in [6.45, 7) is 1.17. The number of thioether (sulfide) groups is 1. The minimum atomic E-state index is 0.564. The SMILES string of the molecule is c1ccc(COc2ccc(OCCSc3ncccn3)cc2)cc1. The van der Waals surface area contributed by atoms with E-state index in [9.17, 15) is 0 Å². The predicted octanol–water partition coefficient (Wildman–Crippen LogP) is 4.23. The average molecular weight is 338 g/mol. The van der Waals surface area contributed by atoms with E-state index >= 15 is 0 Å². The van der Waals surface area contributed by atoms with E-state index in [1.807, 2.05) is 60.7 Å². The molecule has 0 aliphatic heterocycles. The molecule has 0 N–H and O–H groups in total. The third kappa shape index (κ3) is 5.28. The Bertz CT molecular complexity index is 721. The largest absolute Gasteiger partial charge is 0.493 e. The number of hydrogen-bond acceptors (Lipinski definition) is 5. The summed E-state index contributed by atoms with van der Waals surface area (Å²) in [5.41, 5.74) is 1.15. The molecule has 0 unspecified atom stereocenters. The number of aromatic nitrogens is 2. The lowest BCUT2D eigenvalue weighted by molar-refractivity contribution is 0.304. The Labute approximate surface area is 145 Å². The fourth-order valence-electron chi connectivity index (χ4n) is 2.03. The van der Waals surface area contributed by atoms with Crippen molar-refractivity contribution >= 4 is 11.8 Å². The van der Waals surface area contributed by atoms with Crippen LogP contribution in [0.5, 0.6) is 11.5 Å². The summed E-state index contributed by atoms with van der Waals surface area (Å²) >= 11 is 1.58. The molecule has 1 heterocycles. The molecule has 0 bridgehead atoms. The predicted molar refractivity (Wildman–Crippen MR) is 95.5 cm³/mol. The van der Waals surface area contributed by atoms with Gasteiger partial charge < -0.3 is 9.47 Å². The summed E-state index contributed by atoms with van der Waals surface area (Å²) in [6.07, 6.45) is 3.48. The second-order valence-corrected chi connectivity index (χ2v) is 6.04. The van der Waals surface area contributed by atoms with Gasteiger partial charge in [-0.1, -0.05) is 42.1 Å². The van der Waals surface area contributed by atoms with Crippen LogP contribution in [0.1, 0.15) is 5.56 Å². The molecule has 2 aromatic carbocycles. The zero-order valence-corrected chi connectivity index (χ0v) is 14.0. The second kappa shape index (κ2) is 8.93. The van der Waals surface area contributed by atoms with E-state index in [4.69, 9.17) is 9.47 Å². The summed E-state index contributed by atoms with van der Waals surface area (Å²) in [5, 5.41) is 0.769. The number of hydrogen-bond donors (Lipinski definition) is 0. The Balaban J connectivity index is 1.40. The molecule has 0 saturated carbocycles. The standard InChI is InChI=1S/C19H18N2O2S/c1-2-5-16(6-3-1)15-23-18-9-7-17(8-10-18)22-13-14-24-19-20-11-4-12-21-19/h1-12H,13-15H2. The van der Waals surface area contributed by atoms with Crippen LogP contribution in [0.3, 0.4) is 0 Å². The molecule has 0 aliphatic carbocycles. The Morgan fingerprint density at radius 3 is 2.12 bits per heavy atom. The van der Waals surface area contributed by atoms with Gasteiger partial charge in [0.25, 0.3) is 0 Å². The van der Waals surface area contributed by atoms with Crippen molar-refractivity contribution in [1.82, 2.24) is 9.97 Å². The molecule has 122 valence electrons. The molecule has 4 nitrogen and oxygen atoms in total. The Morgan fingerprint density at radius 2 is 1.42 bits per heavy atom. The minimum Gasteiger partial charge on any atom is -0.493 e. The monoisotopic (exact) mass is 338 g/mol. The van der Waals surface area contributed by atoms with Gasteiger partial charge in [0.2, 0.25) is 0 Å². The van der Waals surface area contributed by atoms with E-state index in [1.54, 1.807) is 24.2 Å². The van der Waals surface area contributed by atoms with Crippen molar-refractivity contribution in [3.8, 4) is 11.5 Å². The summed E-state index contributed by atoms with van der Waals surface area (Å²) in [4.78, 5) is 8.32. The number of benzene rings is 2. The Morgan fingerprint density at radius 1 is 0.750 bits per heavy atom. The molecule has 0 amide bonds. The van der Waals surface area contributed by atoms with E-state index in [0.717, 1.165) is 28.0 Å². The first-order chi connectivity index (χ1) is 11.9. The summed E-state index contributed by atoms with van der Waals surface area (Å²) < 4.78 is 11.5. The quantitative estimate of drug-likeness (QED) is 0.349. The van der Waals surface area contributed by atoms with Crippen LogP contribution in [-0.4, -0.2) is 22.3 Å². The van der Waals surface area contributed by atoms with Gasteiger partial charge in [0.05, 0.1) is 6.61 Å². The molecule has 5 heteroatoms. The maximum absolute atomic E-state index is 5.75. The van der Waals surface area contributed by atoms with Crippen LogP contribution in [0.2, 0.25) is 0 Å². The van der Waals surface area contributed by atoms with E-state index in [2.05, 4.69) is 9.97 Å². The molecular weight excluding hydrogens is 320 g/mol. The van der Waals surface area contributed by atoms with Crippen LogP contribution in [-0.2, 0) is 6.61 Å². The molecule has 3 rings (SSSR count). The van der Waals surface area contributed by atoms with Crippen molar-refractivity contribution in [2.75, 3.05) is 12.4 Å². The first-order valence-corrected chi connectivity index (χ1v) is 8.68. The maximum Gasteiger partial charge on any atom is 0.187 e. The highest BCUT2D eigenvalue weighted by atomic mass is 32.2. The number of rotatable bonds is 8. The van der Waals surface area contributed by atoms with Crippen molar-refractivity contribution in [3.63, 3.8) is 0 Å². The van der Waals surface area contributed by atoms with Gasteiger partial charge >= 0.3 is 0 Å². The van der Waals surface area contributed by atoms with Gasteiger partial charge in [-0.25, -0.2) is 9.97 Å². The first-order valence-electron chi connectivity index (χ1n) is 7.69. The van der Waals surface area contributed by atoms with Gasteiger partial charge in [-0.15, -0.1) is 0 Å². The minimum absolute atomic E-state index is 0.564. The average Bonchev–Trinajstić information content (AvgIpc) is 2.66. The molecule has 0 spiro atoms. The number of ether oxygens (including phenoxy) is 2. The third-order valence-corrected chi connectivity index (χ3v) is 4.04. The van der Waals surface area contributed by atoms with Gasteiger partial charge in [-0.2, -0.15) is 0 Å². The van der Waals surface area contributed by atoms with Crippen LogP contribution in [0.25, 0.3) is 0 Å². The van der Waals surface area contributed by atoms with Gasteiger partial charge in [-0.05, 0) is 35.9 Å². The van der Waals surface area contributed by atoms with Gasteiger partial charge in [0.15, 0.2) is 5.16 Å². The zero-order chi connectivity index (χ0) is 16.5. The molecule has 3 aromatic rings. The van der Waals surface area contributed by atoms with Crippen molar-refractivity contribution in [3.05, 3.63) is 78.6 Å². The zero-order valence-electron chi connectivity index (χ0n) is 13.2. The van der Waals surface area contributed by atoms with Crippen molar-refractivity contribution < 1.29 is 9.47 Å². The van der Waals surface area contributed by atoms with Gasteiger partial charge in [-0.3, -0.25) is 0 Å².